The minimum absolute atomic E-state index is 0.221. The molecule has 21 heteroatoms. The lowest BCUT2D eigenvalue weighted by Crippen LogP contribution is -2.70. The largest absolute Gasteiger partial charge is 0.462 e. The van der Waals surface area contributed by atoms with E-state index in [0.717, 1.165) is 48.5 Å². The first kappa shape index (κ1) is 46.0. The molecule has 2 amide bonds. The summed E-state index contributed by atoms with van der Waals surface area (Å²) >= 11 is 0. The van der Waals surface area contributed by atoms with Crippen molar-refractivity contribution < 1.29 is 90.8 Å². The fourth-order valence-corrected chi connectivity index (χ4v) is 6.22. The molecule has 2 aliphatic rings. The van der Waals surface area contributed by atoms with Crippen LogP contribution in [0.1, 0.15) is 54.9 Å². The third kappa shape index (κ3) is 13.1. The average molecular weight is 813 g/mol. The van der Waals surface area contributed by atoms with Crippen LogP contribution in [0.25, 0.3) is 0 Å². The van der Waals surface area contributed by atoms with Crippen molar-refractivity contribution >= 4 is 47.6 Å². The summed E-state index contributed by atoms with van der Waals surface area (Å²) in [7, 11) is 1.20. The molecule has 316 valence electrons. The Morgan fingerprint density at radius 3 is 1.93 bits per heavy atom. The molecular formula is C36H48N2O19. The molecule has 0 aromatic heterocycles. The van der Waals surface area contributed by atoms with E-state index in [1.54, 1.807) is 30.3 Å². The molecule has 1 aromatic rings. The number of hydrogen-bond acceptors (Lipinski definition) is 19. The molecule has 1 unspecified atom stereocenters. The number of para-hydroxylation sites is 1. The van der Waals surface area contributed by atoms with Crippen LogP contribution in [0, 0.1) is 0 Å². The number of nitrogens with one attached hydrogen (secondary N) is 2. The molecule has 0 bridgehead atoms. The fraction of sp³-hybridized carbons (Fsp3) is 0.611. The summed E-state index contributed by atoms with van der Waals surface area (Å²) in [4.78, 5) is 100. The molecule has 0 saturated carbocycles. The van der Waals surface area contributed by atoms with E-state index in [0.29, 0.717) is 0 Å². The second-order valence-corrected chi connectivity index (χ2v) is 12.9. The van der Waals surface area contributed by atoms with Gasteiger partial charge in [-0.3, -0.25) is 38.4 Å². The summed E-state index contributed by atoms with van der Waals surface area (Å²) in [5.41, 5.74) is 0. The Balaban J connectivity index is 2.17. The second kappa shape index (κ2) is 20.7. The van der Waals surface area contributed by atoms with Crippen molar-refractivity contribution in [1.82, 2.24) is 10.6 Å². The highest BCUT2D eigenvalue weighted by molar-refractivity contribution is 5.84. The number of hydrogen-bond donors (Lipinski definition) is 3. The van der Waals surface area contributed by atoms with Crippen LogP contribution >= 0.6 is 0 Å². The molecule has 0 radical (unpaired) electrons. The second-order valence-electron chi connectivity index (χ2n) is 12.9. The number of carbonyl (C=O) groups excluding carboxylic acids is 8. The van der Waals surface area contributed by atoms with Crippen LogP contribution in [0.5, 0.6) is 5.75 Å². The van der Waals surface area contributed by atoms with Crippen LogP contribution < -0.4 is 15.4 Å². The molecule has 2 heterocycles. The third-order valence-electron chi connectivity index (χ3n) is 8.27. The Bertz CT molecular complexity index is 1620. The monoisotopic (exact) mass is 812 g/mol. The van der Waals surface area contributed by atoms with Gasteiger partial charge in [-0.2, -0.15) is 0 Å². The third-order valence-corrected chi connectivity index (χ3v) is 8.27. The summed E-state index contributed by atoms with van der Waals surface area (Å²) in [5, 5.41) is 16.5. The Labute approximate surface area is 327 Å². The minimum Gasteiger partial charge on any atom is -0.462 e. The van der Waals surface area contributed by atoms with Gasteiger partial charge in [0.2, 0.25) is 18.3 Å². The Hall–Kier alpha value is -5.38. The van der Waals surface area contributed by atoms with Gasteiger partial charge >= 0.3 is 35.8 Å². The number of carbonyl (C=O) groups is 8. The summed E-state index contributed by atoms with van der Waals surface area (Å²) in [6, 6.07) is 6.62. The van der Waals surface area contributed by atoms with Gasteiger partial charge in [-0.15, -0.1) is 0 Å². The summed E-state index contributed by atoms with van der Waals surface area (Å²) in [6.07, 6.45) is -15.5. The van der Waals surface area contributed by atoms with Crippen molar-refractivity contribution in [2.45, 2.75) is 122 Å². The first-order valence-corrected chi connectivity index (χ1v) is 17.6. The molecule has 2 saturated heterocycles. The smallest absolute Gasteiger partial charge is 0.303 e. The van der Waals surface area contributed by atoms with Crippen LogP contribution in [-0.2, 0) is 81.0 Å². The number of aliphatic hydroxyl groups excluding tert-OH is 1. The minimum atomic E-state index is -2.57. The van der Waals surface area contributed by atoms with Gasteiger partial charge in [0.1, 0.15) is 36.8 Å². The SMILES string of the molecule is CNC(=O)C1(OC[C@H]2O[C@@H](Oc3ccccc3)[C@H](OC(C)=O)[C@@H](OC(C)=O)[C@@H]2O)C[C@H](OC(C)=O)[C@@H](NC(C)=O)[C@H]([C@H](OC(C)=O)[C@@H](COC(C)=O)OC(C)=O)O1. The van der Waals surface area contributed by atoms with Gasteiger partial charge in [0.25, 0.3) is 11.7 Å². The van der Waals surface area contributed by atoms with E-state index < -0.39 is 134 Å². The van der Waals surface area contributed by atoms with Crippen molar-refractivity contribution in [3.63, 3.8) is 0 Å². The summed E-state index contributed by atoms with van der Waals surface area (Å²) in [5.74, 6) is -9.41. The quantitative estimate of drug-likeness (QED) is 0.135. The molecule has 3 rings (SSSR count). The molecule has 1 aromatic carbocycles. The Kier molecular flexibility index (Phi) is 16.7. The summed E-state index contributed by atoms with van der Waals surface area (Å²) in [6.45, 7) is 5.83. The highest BCUT2D eigenvalue weighted by Gasteiger charge is 2.59. The zero-order chi connectivity index (χ0) is 42.6. The number of ether oxygens (including phenoxy) is 10. The average Bonchev–Trinajstić information content (AvgIpc) is 3.11. The van der Waals surface area contributed by atoms with Crippen LogP contribution in [-0.4, -0.2) is 140 Å². The van der Waals surface area contributed by atoms with E-state index in [9.17, 15) is 43.5 Å². The van der Waals surface area contributed by atoms with Gasteiger partial charge in [0.05, 0.1) is 19.1 Å². The predicted octanol–water partition coefficient (Wildman–Crippen LogP) is -0.875. The van der Waals surface area contributed by atoms with Gasteiger partial charge in [0.15, 0.2) is 18.3 Å². The fourth-order valence-electron chi connectivity index (χ4n) is 6.22. The van der Waals surface area contributed by atoms with Crippen molar-refractivity contribution in [2.75, 3.05) is 20.3 Å². The highest BCUT2D eigenvalue weighted by Crippen LogP contribution is 2.38. The summed E-state index contributed by atoms with van der Waals surface area (Å²) < 4.78 is 56.8. The van der Waals surface area contributed by atoms with Crippen LogP contribution in [0.4, 0.5) is 0 Å². The predicted molar refractivity (Wildman–Crippen MR) is 186 cm³/mol. The van der Waals surface area contributed by atoms with E-state index >= 15 is 0 Å². The molecule has 3 N–H and O–H groups in total. The first-order valence-electron chi connectivity index (χ1n) is 17.6. The number of amides is 2. The Morgan fingerprint density at radius 1 is 0.807 bits per heavy atom. The van der Waals surface area contributed by atoms with E-state index in [1.165, 1.54) is 7.05 Å². The lowest BCUT2D eigenvalue weighted by Gasteiger charge is -2.49. The van der Waals surface area contributed by atoms with Crippen molar-refractivity contribution in [2.24, 2.45) is 0 Å². The van der Waals surface area contributed by atoms with Gasteiger partial charge < -0.3 is 63.1 Å². The number of likely N-dealkylation sites (N-methyl/N-ethyl adjacent to an activating group) is 1. The van der Waals surface area contributed by atoms with Gasteiger partial charge in [-0.1, -0.05) is 18.2 Å². The maximum absolute atomic E-state index is 13.9. The zero-order valence-electron chi connectivity index (χ0n) is 32.6. The van der Waals surface area contributed by atoms with Crippen LogP contribution in [0.2, 0.25) is 0 Å². The van der Waals surface area contributed by atoms with Gasteiger partial charge in [-0.05, 0) is 12.1 Å². The molecule has 57 heavy (non-hydrogen) atoms. The van der Waals surface area contributed by atoms with Crippen LogP contribution in [0.15, 0.2) is 30.3 Å². The lowest BCUT2D eigenvalue weighted by molar-refractivity contribution is -0.329. The van der Waals surface area contributed by atoms with E-state index in [-0.39, 0.29) is 5.75 Å². The number of aliphatic hydroxyl groups is 1. The maximum atomic E-state index is 13.9. The van der Waals surface area contributed by atoms with Crippen molar-refractivity contribution in [3.8, 4) is 5.75 Å². The normalized spacial score (nSPS) is 27.9. The van der Waals surface area contributed by atoms with E-state index in [1.807, 2.05) is 0 Å². The molecule has 2 fully saturated rings. The van der Waals surface area contributed by atoms with E-state index in [2.05, 4.69) is 10.6 Å². The Morgan fingerprint density at radius 2 is 1.40 bits per heavy atom. The topological polar surface area (TPSA) is 273 Å². The van der Waals surface area contributed by atoms with Gasteiger partial charge in [-0.25, -0.2) is 0 Å². The first-order chi connectivity index (χ1) is 26.8. The van der Waals surface area contributed by atoms with Crippen molar-refractivity contribution in [3.05, 3.63) is 30.3 Å². The lowest BCUT2D eigenvalue weighted by atomic mass is 9.87. The number of rotatable bonds is 16. The number of esters is 6. The van der Waals surface area contributed by atoms with Crippen molar-refractivity contribution in [1.29, 1.82) is 0 Å². The highest BCUT2D eigenvalue weighted by atomic mass is 16.8. The zero-order valence-corrected chi connectivity index (χ0v) is 32.6. The van der Waals surface area contributed by atoms with Crippen LogP contribution in [0.3, 0.4) is 0 Å². The standard InChI is InChI=1S/C36H48N2O19/c1-17(39)38-28-25(50-19(3)41)14-36(35(47)37-8,57-31(28)30(52-21(5)43)27(51-20(4)42)15-48-18(2)40)49-16-26-29(46)32(53-22(6)44)33(54-23(7)45)34(56-26)55-24-12-10-9-11-13-24/h9-13,25-34,46H,14-16H2,1-8H3,(H,37,47)(H,38,39)/t25-,26+,27+,28+,29+,30+,31+,32-,33+,34+,36?/m0/s1. The van der Waals surface area contributed by atoms with Gasteiger partial charge in [0, 0.05) is 55.5 Å². The molecule has 0 aliphatic carbocycles. The molecule has 21 nitrogen and oxygen atoms in total. The molecule has 0 spiro atoms. The van der Waals surface area contributed by atoms with E-state index in [4.69, 9.17) is 47.4 Å². The number of benzene rings is 1. The molecular weight excluding hydrogens is 764 g/mol. The maximum Gasteiger partial charge on any atom is 0.303 e. The molecule has 11 atom stereocenters. The molecule has 2 aliphatic heterocycles.